The SMILES string of the molecule is CCCNC(=O)[C@H](C)N(CCc1ccccc1)C(=O)CN(c1ccc(I)cc1)S(=O)(=O)c1ccccc1. The highest BCUT2D eigenvalue weighted by Crippen LogP contribution is 2.25. The Labute approximate surface area is 233 Å². The van der Waals surface area contributed by atoms with E-state index in [4.69, 9.17) is 0 Å². The lowest BCUT2D eigenvalue weighted by Crippen LogP contribution is -2.52. The summed E-state index contributed by atoms with van der Waals surface area (Å²) in [6.07, 6.45) is 1.30. The van der Waals surface area contributed by atoms with Crippen LogP contribution in [0.3, 0.4) is 0 Å². The molecule has 0 bridgehead atoms. The highest BCUT2D eigenvalue weighted by Gasteiger charge is 2.32. The van der Waals surface area contributed by atoms with Gasteiger partial charge in [-0.2, -0.15) is 0 Å². The highest BCUT2D eigenvalue weighted by atomic mass is 127. The van der Waals surface area contributed by atoms with Crippen LogP contribution in [-0.2, 0) is 26.0 Å². The van der Waals surface area contributed by atoms with Crippen LogP contribution in [0.1, 0.15) is 25.8 Å². The molecule has 1 atom stereocenters. The fourth-order valence-electron chi connectivity index (χ4n) is 3.82. The van der Waals surface area contributed by atoms with Gasteiger partial charge in [0.25, 0.3) is 10.0 Å². The van der Waals surface area contributed by atoms with Gasteiger partial charge in [0.15, 0.2) is 0 Å². The molecule has 0 fully saturated rings. The number of carbonyl (C=O) groups is 2. The van der Waals surface area contributed by atoms with Crippen molar-refractivity contribution >= 4 is 50.1 Å². The number of halogens is 1. The highest BCUT2D eigenvalue weighted by molar-refractivity contribution is 14.1. The van der Waals surface area contributed by atoms with E-state index < -0.39 is 28.5 Å². The molecule has 3 aromatic rings. The number of hydrogen-bond donors (Lipinski definition) is 1. The predicted molar refractivity (Wildman–Crippen MR) is 155 cm³/mol. The van der Waals surface area contributed by atoms with E-state index >= 15 is 0 Å². The van der Waals surface area contributed by atoms with Crippen LogP contribution in [0.2, 0.25) is 0 Å². The third-order valence-electron chi connectivity index (χ3n) is 5.93. The van der Waals surface area contributed by atoms with Gasteiger partial charge in [0.1, 0.15) is 12.6 Å². The molecule has 1 N–H and O–H groups in total. The van der Waals surface area contributed by atoms with Crippen LogP contribution in [0, 0.1) is 3.57 Å². The largest absolute Gasteiger partial charge is 0.354 e. The molecule has 3 rings (SSSR count). The lowest BCUT2D eigenvalue weighted by Gasteiger charge is -2.32. The summed E-state index contributed by atoms with van der Waals surface area (Å²) in [5.74, 6) is -0.719. The number of nitrogens with one attached hydrogen (secondary N) is 1. The van der Waals surface area contributed by atoms with Crippen LogP contribution in [-0.4, -0.2) is 50.8 Å². The molecule has 0 heterocycles. The van der Waals surface area contributed by atoms with E-state index in [0.717, 1.165) is 19.9 Å². The Balaban J connectivity index is 1.94. The lowest BCUT2D eigenvalue weighted by molar-refractivity contribution is -0.138. The van der Waals surface area contributed by atoms with Gasteiger partial charge in [0.2, 0.25) is 11.8 Å². The smallest absolute Gasteiger partial charge is 0.264 e. The van der Waals surface area contributed by atoms with Crippen LogP contribution in [0.25, 0.3) is 0 Å². The number of rotatable bonds is 12. The number of hydrogen-bond acceptors (Lipinski definition) is 4. The fraction of sp³-hybridized carbons (Fsp3) is 0.286. The minimum Gasteiger partial charge on any atom is -0.354 e. The topological polar surface area (TPSA) is 86.8 Å². The molecular weight excluding hydrogens is 601 g/mol. The number of benzene rings is 3. The maximum atomic E-state index is 13.8. The second kappa shape index (κ2) is 13.6. The van der Waals surface area contributed by atoms with Gasteiger partial charge in [-0.15, -0.1) is 0 Å². The minimum atomic E-state index is -4.04. The summed E-state index contributed by atoms with van der Waals surface area (Å²) in [6.45, 7) is 3.97. The van der Waals surface area contributed by atoms with E-state index in [1.165, 1.54) is 17.0 Å². The van der Waals surface area contributed by atoms with Crippen molar-refractivity contribution in [2.24, 2.45) is 0 Å². The van der Waals surface area contributed by atoms with Crippen LogP contribution >= 0.6 is 22.6 Å². The Morgan fingerprint density at radius 2 is 1.51 bits per heavy atom. The molecule has 0 radical (unpaired) electrons. The van der Waals surface area contributed by atoms with Crippen molar-refractivity contribution in [3.8, 4) is 0 Å². The van der Waals surface area contributed by atoms with E-state index in [1.54, 1.807) is 49.4 Å². The maximum absolute atomic E-state index is 13.8. The second-order valence-corrected chi connectivity index (χ2v) is 11.7. The van der Waals surface area contributed by atoms with Gasteiger partial charge in [0.05, 0.1) is 10.6 Å². The van der Waals surface area contributed by atoms with E-state index in [-0.39, 0.29) is 17.3 Å². The second-order valence-electron chi connectivity index (χ2n) is 8.59. The standard InChI is InChI=1S/C28H32IN3O4S/c1-3-19-30-28(34)22(2)31(20-18-23-10-6-4-7-11-23)27(33)21-32(25-16-14-24(29)15-17-25)37(35,36)26-12-8-5-9-13-26/h4-17,22H,3,18-21H2,1-2H3,(H,30,34)/t22-/m0/s1. The van der Waals surface area contributed by atoms with Gasteiger partial charge in [0, 0.05) is 16.7 Å². The molecule has 3 aromatic carbocycles. The van der Waals surface area contributed by atoms with Gasteiger partial charge in [-0.3, -0.25) is 13.9 Å². The van der Waals surface area contributed by atoms with Gasteiger partial charge in [-0.1, -0.05) is 55.5 Å². The maximum Gasteiger partial charge on any atom is 0.264 e. The molecular formula is C28H32IN3O4S. The van der Waals surface area contributed by atoms with Crippen molar-refractivity contribution in [3.63, 3.8) is 0 Å². The lowest BCUT2D eigenvalue weighted by atomic mass is 10.1. The first-order valence-electron chi connectivity index (χ1n) is 12.2. The third-order valence-corrected chi connectivity index (χ3v) is 8.43. The first kappa shape index (κ1) is 28.6. The average molecular weight is 634 g/mol. The van der Waals surface area contributed by atoms with Gasteiger partial charge in [-0.25, -0.2) is 8.42 Å². The van der Waals surface area contributed by atoms with Gasteiger partial charge in [-0.05, 0) is 84.3 Å². The van der Waals surface area contributed by atoms with Crippen molar-refractivity contribution in [2.75, 3.05) is 23.9 Å². The molecule has 196 valence electrons. The number of sulfonamides is 1. The first-order chi connectivity index (χ1) is 17.7. The molecule has 0 spiro atoms. The van der Waals surface area contributed by atoms with Gasteiger partial charge < -0.3 is 10.2 Å². The summed E-state index contributed by atoms with van der Waals surface area (Å²) in [6, 6.07) is 23.9. The summed E-state index contributed by atoms with van der Waals surface area (Å²) >= 11 is 2.14. The van der Waals surface area contributed by atoms with Crippen molar-refractivity contribution in [3.05, 3.63) is 94.1 Å². The minimum absolute atomic E-state index is 0.0888. The quantitative estimate of drug-likeness (QED) is 0.299. The fourth-order valence-corrected chi connectivity index (χ4v) is 5.62. The Bertz CT molecular complexity index is 1270. The predicted octanol–water partition coefficient (Wildman–Crippen LogP) is 4.47. The van der Waals surface area contributed by atoms with Crippen LogP contribution in [0.4, 0.5) is 5.69 Å². The van der Waals surface area contributed by atoms with Crippen molar-refractivity contribution in [2.45, 2.75) is 37.6 Å². The summed E-state index contributed by atoms with van der Waals surface area (Å²) in [4.78, 5) is 28.1. The zero-order valence-electron chi connectivity index (χ0n) is 21.0. The molecule has 9 heteroatoms. The van der Waals surface area contributed by atoms with Crippen molar-refractivity contribution in [1.29, 1.82) is 0 Å². The van der Waals surface area contributed by atoms with Crippen LogP contribution in [0.15, 0.2) is 89.8 Å². The summed E-state index contributed by atoms with van der Waals surface area (Å²) < 4.78 is 29.4. The zero-order valence-corrected chi connectivity index (χ0v) is 24.0. The Morgan fingerprint density at radius 1 is 0.919 bits per heavy atom. The normalized spacial score (nSPS) is 12.0. The average Bonchev–Trinajstić information content (AvgIpc) is 2.92. The Morgan fingerprint density at radius 3 is 2.11 bits per heavy atom. The molecule has 0 saturated heterocycles. The van der Waals surface area contributed by atoms with E-state index in [1.807, 2.05) is 37.3 Å². The third kappa shape index (κ3) is 7.78. The number of amides is 2. The number of nitrogens with zero attached hydrogens (tertiary/aromatic N) is 2. The Kier molecular flexibility index (Phi) is 10.5. The number of anilines is 1. The zero-order chi connectivity index (χ0) is 26.8. The molecule has 0 aliphatic carbocycles. The van der Waals surface area contributed by atoms with Crippen LogP contribution in [0.5, 0.6) is 0 Å². The van der Waals surface area contributed by atoms with E-state index in [9.17, 15) is 18.0 Å². The molecule has 37 heavy (non-hydrogen) atoms. The van der Waals surface area contributed by atoms with Gasteiger partial charge >= 0.3 is 0 Å². The molecule has 2 amide bonds. The first-order valence-corrected chi connectivity index (χ1v) is 14.7. The molecule has 0 aliphatic heterocycles. The van der Waals surface area contributed by atoms with E-state index in [0.29, 0.717) is 18.7 Å². The van der Waals surface area contributed by atoms with Crippen molar-refractivity contribution in [1.82, 2.24) is 10.2 Å². The number of carbonyl (C=O) groups excluding carboxylic acids is 2. The summed E-state index contributed by atoms with van der Waals surface area (Å²) in [7, 11) is -4.04. The Hall–Kier alpha value is -2.92. The molecule has 0 unspecified atom stereocenters. The van der Waals surface area contributed by atoms with Crippen LogP contribution < -0.4 is 9.62 Å². The molecule has 7 nitrogen and oxygen atoms in total. The van der Waals surface area contributed by atoms with Crippen molar-refractivity contribution < 1.29 is 18.0 Å². The molecule has 0 aliphatic rings. The molecule has 0 saturated carbocycles. The monoisotopic (exact) mass is 633 g/mol. The summed E-state index contributed by atoms with van der Waals surface area (Å²) in [5, 5.41) is 2.85. The molecule has 0 aromatic heterocycles. The summed E-state index contributed by atoms with van der Waals surface area (Å²) in [5.41, 5.74) is 1.40. The van der Waals surface area contributed by atoms with E-state index in [2.05, 4.69) is 27.9 Å².